The van der Waals surface area contributed by atoms with E-state index in [1.807, 2.05) is 25.7 Å². The number of hydrogen-bond acceptors (Lipinski definition) is 3. The van der Waals surface area contributed by atoms with Crippen LogP contribution >= 0.6 is 0 Å². The minimum Gasteiger partial charge on any atom is -0.478 e. The summed E-state index contributed by atoms with van der Waals surface area (Å²) in [4.78, 5) is 17.7. The van der Waals surface area contributed by atoms with Gasteiger partial charge in [0.15, 0.2) is 0 Å². The second kappa shape index (κ2) is 5.67. The molecule has 0 amide bonds. The van der Waals surface area contributed by atoms with E-state index >= 15 is 0 Å². The third-order valence-electron chi connectivity index (χ3n) is 2.68. The zero-order valence-corrected chi connectivity index (χ0v) is 11.4. The van der Waals surface area contributed by atoms with E-state index in [4.69, 9.17) is 0 Å². The third kappa shape index (κ3) is 3.09. The molecule has 0 aromatic carbocycles. The molecular formula is C14H20N2O2. The Morgan fingerprint density at radius 2 is 2.11 bits per heavy atom. The van der Waals surface area contributed by atoms with Gasteiger partial charge < -0.3 is 10.0 Å². The lowest BCUT2D eigenvalue weighted by atomic mass is 10.1. The predicted molar refractivity (Wildman–Crippen MR) is 73.4 cm³/mol. The molecule has 0 saturated carbocycles. The van der Waals surface area contributed by atoms with Gasteiger partial charge in [0.05, 0.1) is 0 Å². The molecule has 1 N–H and O–H groups in total. The van der Waals surface area contributed by atoms with Crippen LogP contribution in [0.15, 0.2) is 18.2 Å². The smallest absolute Gasteiger partial charge is 0.339 e. The van der Waals surface area contributed by atoms with E-state index in [9.17, 15) is 9.90 Å². The first-order chi connectivity index (χ1) is 8.36. The molecule has 0 bridgehead atoms. The molecule has 1 aromatic heterocycles. The minimum absolute atomic E-state index is 0.281. The van der Waals surface area contributed by atoms with Gasteiger partial charge in [-0.2, -0.15) is 0 Å². The van der Waals surface area contributed by atoms with Crippen molar-refractivity contribution in [2.24, 2.45) is 0 Å². The van der Waals surface area contributed by atoms with E-state index < -0.39 is 5.97 Å². The summed E-state index contributed by atoms with van der Waals surface area (Å²) in [6.07, 6.45) is 0. The summed E-state index contributed by atoms with van der Waals surface area (Å²) in [7, 11) is 0. The van der Waals surface area contributed by atoms with Crippen molar-refractivity contribution in [2.45, 2.75) is 27.7 Å². The van der Waals surface area contributed by atoms with Gasteiger partial charge in [-0.3, -0.25) is 0 Å². The quantitative estimate of drug-likeness (QED) is 0.814. The normalized spacial score (nSPS) is 10.2. The fourth-order valence-electron chi connectivity index (χ4n) is 1.97. The number of aryl methyl sites for hydroxylation is 2. The zero-order chi connectivity index (χ0) is 13.9. The molecule has 0 aliphatic carbocycles. The van der Waals surface area contributed by atoms with Gasteiger partial charge in [0, 0.05) is 18.8 Å². The molecule has 0 radical (unpaired) electrons. The van der Waals surface area contributed by atoms with Crippen LogP contribution in [0.25, 0.3) is 0 Å². The summed E-state index contributed by atoms with van der Waals surface area (Å²) in [6, 6.07) is 1.79. The number of pyridine rings is 1. The second-order valence-corrected chi connectivity index (χ2v) is 4.56. The summed E-state index contributed by atoms with van der Waals surface area (Å²) < 4.78 is 0. The number of likely N-dealkylation sites (N-methyl/N-ethyl adjacent to an activating group) is 1. The number of anilines is 1. The molecule has 0 aliphatic rings. The molecule has 1 rings (SSSR count). The van der Waals surface area contributed by atoms with Gasteiger partial charge in [-0.25, -0.2) is 9.78 Å². The maximum Gasteiger partial charge on any atom is 0.339 e. The molecular weight excluding hydrogens is 228 g/mol. The Morgan fingerprint density at radius 3 is 2.56 bits per heavy atom. The molecule has 0 aliphatic heterocycles. The summed E-state index contributed by atoms with van der Waals surface area (Å²) in [5, 5.41) is 9.33. The standard InChI is InChI=1S/C14H20N2O2/c1-6-16(8-9(2)3)13-12(14(17)18)10(4)7-11(5)15-13/h7H,2,6,8H2,1,3-5H3,(H,17,18). The number of aromatic nitrogens is 1. The van der Waals surface area contributed by atoms with Gasteiger partial charge >= 0.3 is 5.97 Å². The van der Waals surface area contributed by atoms with E-state index in [2.05, 4.69) is 11.6 Å². The lowest BCUT2D eigenvalue weighted by Gasteiger charge is -2.24. The average Bonchev–Trinajstić information content (AvgIpc) is 2.23. The van der Waals surface area contributed by atoms with Gasteiger partial charge in [-0.05, 0) is 39.3 Å². The molecule has 18 heavy (non-hydrogen) atoms. The molecule has 98 valence electrons. The van der Waals surface area contributed by atoms with Gasteiger partial charge in [0.2, 0.25) is 0 Å². The van der Waals surface area contributed by atoms with E-state index in [0.29, 0.717) is 18.9 Å². The van der Waals surface area contributed by atoms with Crippen LogP contribution in [-0.2, 0) is 0 Å². The molecule has 1 heterocycles. The number of hydrogen-bond donors (Lipinski definition) is 1. The van der Waals surface area contributed by atoms with Crippen LogP contribution < -0.4 is 4.90 Å². The van der Waals surface area contributed by atoms with E-state index in [0.717, 1.165) is 16.8 Å². The highest BCUT2D eigenvalue weighted by Crippen LogP contribution is 2.23. The van der Waals surface area contributed by atoms with Crippen LogP contribution in [0.5, 0.6) is 0 Å². The van der Waals surface area contributed by atoms with Crippen LogP contribution in [0.1, 0.15) is 35.5 Å². The molecule has 1 aromatic rings. The van der Waals surface area contributed by atoms with Crippen molar-refractivity contribution in [3.05, 3.63) is 35.0 Å². The second-order valence-electron chi connectivity index (χ2n) is 4.56. The Labute approximate surface area is 108 Å². The van der Waals surface area contributed by atoms with Gasteiger partial charge in [-0.15, -0.1) is 0 Å². The fourth-order valence-corrected chi connectivity index (χ4v) is 1.97. The molecule has 0 saturated heterocycles. The van der Waals surface area contributed by atoms with Crippen molar-refractivity contribution in [3.8, 4) is 0 Å². The highest BCUT2D eigenvalue weighted by Gasteiger charge is 2.19. The number of carboxylic acid groups (broad SMARTS) is 1. The number of rotatable bonds is 5. The molecule has 4 nitrogen and oxygen atoms in total. The predicted octanol–water partition coefficient (Wildman–Crippen LogP) is 2.80. The zero-order valence-electron chi connectivity index (χ0n) is 11.4. The first-order valence-corrected chi connectivity index (χ1v) is 5.97. The van der Waals surface area contributed by atoms with Crippen LogP contribution in [-0.4, -0.2) is 29.1 Å². The number of carbonyl (C=O) groups is 1. The molecule has 0 fully saturated rings. The van der Waals surface area contributed by atoms with Crippen molar-refractivity contribution in [1.82, 2.24) is 4.98 Å². The summed E-state index contributed by atoms with van der Waals surface area (Å²) >= 11 is 0. The van der Waals surface area contributed by atoms with Crippen molar-refractivity contribution in [3.63, 3.8) is 0 Å². The molecule has 0 atom stereocenters. The van der Waals surface area contributed by atoms with Crippen LogP contribution in [0, 0.1) is 13.8 Å². The summed E-state index contributed by atoms with van der Waals surface area (Å²) in [6.45, 7) is 12.8. The largest absolute Gasteiger partial charge is 0.478 e. The Bertz CT molecular complexity index is 481. The Hall–Kier alpha value is -1.84. The maximum atomic E-state index is 11.4. The van der Waals surface area contributed by atoms with Crippen LogP contribution in [0.4, 0.5) is 5.82 Å². The monoisotopic (exact) mass is 248 g/mol. The first kappa shape index (κ1) is 14.2. The van der Waals surface area contributed by atoms with Gasteiger partial charge in [0.25, 0.3) is 0 Å². The highest BCUT2D eigenvalue weighted by molar-refractivity contribution is 5.95. The SMILES string of the molecule is C=C(C)CN(CC)c1nc(C)cc(C)c1C(=O)O. The fraction of sp³-hybridized carbons (Fsp3) is 0.429. The summed E-state index contributed by atoms with van der Waals surface area (Å²) in [5.74, 6) is -0.402. The van der Waals surface area contributed by atoms with Crippen LogP contribution in [0.3, 0.4) is 0 Å². The maximum absolute atomic E-state index is 11.4. The van der Waals surface area contributed by atoms with Gasteiger partial charge in [0.1, 0.15) is 11.4 Å². The topological polar surface area (TPSA) is 53.4 Å². The van der Waals surface area contributed by atoms with E-state index in [-0.39, 0.29) is 5.56 Å². The Balaban J connectivity index is 3.35. The average molecular weight is 248 g/mol. The van der Waals surface area contributed by atoms with Crippen molar-refractivity contribution < 1.29 is 9.90 Å². The number of nitrogens with zero attached hydrogens (tertiary/aromatic N) is 2. The van der Waals surface area contributed by atoms with Crippen molar-refractivity contribution >= 4 is 11.8 Å². The van der Waals surface area contributed by atoms with Crippen LogP contribution in [0.2, 0.25) is 0 Å². The molecule has 4 heteroatoms. The van der Waals surface area contributed by atoms with Crippen molar-refractivity contribution in [2.75, 3.05) is 18.0 Å². The first-order valence-electron chi connectivity index (χ1n) is 5.97. The lowest BCUT2D eigenvalue weighted by molar-refractivity contribution is 0.0696. The highest BCUT2D eigenvalue weighted by atomic mass is 16.4. The Morgan fingerprint density at radius 1 is 1.50 bits per heavy atom. The van der Waals surface area contributed by atoms with E-state index in [1.54, 1.807) is 13.0 Å². The van der Waals surface area contributed by atoms with Gasteiger partial charge in [-0.1, -0.05) is 12.2 Å². The molecule has 0 spiro atoms. The lowest BCUT2D eigenvalue weighted by Crippen LogP contribution is -2.28. The third-order valence-corrected chi connectivity index (χ3v) is 2.68. The van der Waals surface area contributed by atoms with E-state index in [1.165, 1.54) is 0 Å². The Kier molecular flexibility index (Phi) is 4.48. The minimum atomic E-state index is -0.935. The number of carboxylic acids is 1. The van der Waals surface area contributed by atoms with Crippen molar-refractivity contribution in [1.29, 1.82) is 0 Å². The summed E-state index contributed by atoms with van der Waals surface area (Å²) in [5.41, 5.74) is 2.83. The molecule has 0 unspecified atom stereocenters. The number of aromatic carboxylic acids is 1.